The van der Waals surface area contributed by atoms with Gasteiger partial charge in [-0.05, 0) is 54.4 Å². The minimum atomic E-state index is -0.181. The molecule has 3 nitrogen and oxygen atoms in total. The maximum absolute atomic E-state index is 12.4. The van der Waals surface area contributed by atoms with E-state index in [2.05, 4.69) is 5.32 Å². The summed E-state index contributed by atoms with van der Waals surface area (Å²) in [6, 6.07) is 22.5. The molecule has 25 heavy (non-hydrogen) atoms. The third kappa shape index (κ3) is 4.40. The van der Waals surface area contributed by atoms with Crippen molar-refractivity contribution in [3.8, 4) is 5.75 Å². The zero-order valence-electron chi connectivity index (χ0n) is 13.8. The van der Waals surface area contributed by atoms with Crippen molar-refractivity contribution in [3.63, 3.8) is 0 Å². The summed E-state index contributed by atoms with van der Waals surface area (Å²) in [6.07, 6.45) is 0. The molecule has 3 aromatic carbocycles. The van der Waals surface area contributed by atoms with Crippen LogP contribution < -0.4 is 10.1 Å². The van der Waals surface area contributed by atoms with Crippen molar-refractivity contribution in [2.45, 2.75) is 13.5 Å². The van der Waals surface area contributed by atoms with Crippen LogP contribution in [0, 0.1) is 6.92 Å². The highest BCUT2D eigenvalue weighted by atomic mass is 35.5. The van der Waals surface area contributed by atoms with Gasteiger partial charge in [-0.1, -0.05) is 48.0 Å². The lowest BCUT2D eigenvalue weighted by Crippen LogP contribution is -2.12. The summed E-state index contributed by atoms with van der Waals surface area (Å²) in [6.45, 7) is 2.37. The average Bonchev–Trinajstić information content (AvgIpc) is 2.65. The molecule has 0 aliphatic carbocycles. The SMILES string of the molecule is Cc1c(Cl)cccc1NC(=O)c1ccc(OCc2ccccc2)cc1. The van der Waals surface area contributed by atoms with Crippen LogP contribution in [0.4, 0.5) is 5.69 Å². The quantitative estimate of drug-likeness (QED) is 0.661. The first-order valence-electron chi connectivity index (χ1n) is 7.97. The lowest BCUT2D eigenvalue weighted by molar-refractivity contribution is 0.102. The molecular weight excluding hydrogens is 334 g/mol. The van der Waals surface area contributed by atoms with Gasteiger partial charge in [0.05, 0.1) is 0 Å². The fourth-order valence-electron chi connectivity index (χ4n) is 2.38. The Morgan fingerprint density at radius 2 is 1.68 bits per heavy atom. The van der Waals surface area contributed by atoms with E-state index in [4.69, 9.17) is 16.3 Å². The molecule has 1 amide bonds. The van der Waals surface area contributed by atoms with Crippen molar-refractivity contribution in [2.24, 2.45) is 0 Å². The van der Waals surface area contributed by atoms with Gasteiger partial charge in [0.25, 0.3) is 5.91 Å². The second-order valence-corrected chi connectivity index (χ2v) is 6.07. The number of benzene rings is 3. The van der Waals surface area contributed by atoms with Crippen LogP contribution in [0.2, 0.25) is 5.02 Å². The number of hydrogen-bond donors (Lipinski definition) is 1. The molecule has 0 fully saturated rings. The van der Waals surface area contributed by atoms with Crippen LogP contribution in [0.3, 0.4) is 0 Å². The lowest BCUT2D eigenvalue weighted by atomic mass is 10.1. The molecule has 4 heteroatoms. The van der Waals surface area contributed by atoms with E-state index in [9.17, 15) is 4.79 Å². The van der Waals surface area contributed by atoms with Gasteiger partial charge in [0.15, 0.2) is 0 Å². The third-order valence-corrected chi connectivity index (χ3v) is 4.29. The van der Waals surface area contributed by atoms with Gasteiger partial charge < -0.3 is 10.1 Å². The minimum absolute atomic E-state index is 0.181. The third-order valence-electron chi connectivity index (χ3n) is 3.88. The van der Waals surface area contributed by atoms with Gasteiger partial charge in [0, 0.05) is 16.3 Å². The first kappa shape index (κ1) is 17.1. The zero-order valence-corrected chi connectivity index (χ0v) is 14.6. The van der Waals surface area contributed by atoms with Crippen LogP contribution in [0.15, 0.2) is 72.8 Å². The molecule has 0 heterocycles. The molecule has 126 valence electrons. The molecule has 0 bridgehead atoms. The molecule has 0 aromatic heterocycles. The molecule has 0 saturated heterocycles. The van der Waals surface area contributed by atoms with Crippen LogP contribution in [0.1, 0.15) is 21.5 Å². The van der Waals surface area contributed by atoms with Crippen molar-refractivity contribution in [3.05, 3.63) is 94.5 Å². The molecule has 1 N–H and O–H groups in total. The van der Waals surface area contributed by atoms with E-state index in [1.54, 1.807) is 30.3 Å². The Hall–Kier alpha value is -2.78. The summed E-state index contributed by atoms with van der Waals surface area (Å²) < 4.78 is 5.73. The molecule has 0 spiro atoms. The number of rotatable bonds is 5. The van der Waals surface area contributed by atoms with Gasteiger partial charge in [-0.15, -0.1) is 0 Å². The molecular formula is C21H18ClNO2. The van der Waals surface area contributed by atoms with Gasteiger partial charge in [0.1, 0.15) is 12.4 Å². The van der Waals surface area contributed by atoms with E-state index in [-0.39, 0.29) is 5.91 Å². The normalized spacial score (nSPS) is 10.3. The molecule has 0 radical (unpaired) electrons. The van der Waals surface area contributed by atoms with Crippen molar-refractivity contribution < 1.29 is 9.53 Å². The molecule has 3 aromatic rings. The molecule has 0 saturated carbocycles. The van der Waals surface area contributed by atoms with Crippen LogP contribution in [0.25, 0.3) is 0 Å². The van der Waals surface area contributed by atoms with E-state index < -0.39 is 0 Å². The number of carbonyl (C=O) groups is 1. The number of ether oxygens (including phenoxy) is 1. The highest BCUT2D eigenvalue weighted by molar-refractivity contribution is 6.31. The van der Waals surface area contributed by atoms with Crippen LogP contribution >= 0.6 is 11.6 Å². The Morgan fingerprint density at radius 3 is 2.40 bits per heavy atom. The van der Waals surface area contributed by atoms with E-state index >= 15 is 0 Å². The van der Waals surface area contributed by atoms with E-state index in [1.165, 1.54) is 0 Å². The number of nitrogens with one attached hydrogen (secondary N) is 1. The van der Waals surface area contributed by atoms with Gasteiger partial charge in [-0.25, -0.2) is 0 Å². The predicted octanol–water partition coefficient (Wildman–Crippen LogP) is 5.48. The fraction of sp³-hybridized carbons (Fsp3) is 0.0952. The molecule has 0 aliphatic rings. The molecule has 0 unspecified atom stereocenters. The predicted molar refractivity (Wildman–Crippen MR) is 101 cm³/mol. The minimum Gasteiger partial charge on any atom is -0.489 e. The summed E-state index contributed by atoms with van der Waals surface area (Å²) >= 11 is 6.08. The smallest absolute Gasteiger partial charge is 0.255 e. The van der Waals surface area contributed by atoms with E-state index in [0.29, 0.717) is 22.9 Å². The van der Waals surface area contributed by atoms with Crippen LogP contribution in [-0.2, 0) is 6.61 Å². The number of carbonyl (C=O) groups excluding carboxylic acids is 1. The number of amides is 1. The summed E-state index contributed by atoms with van der Waals surface area (Å²) in [5.74, 6) is 0.541. The largest absolute Gasteiger partial charge is 0.489 e. The van der Waals surface area contributed by atoms with Gasteiger partial charge in [-0.2, -0.15) is 0 Å². The van der Waals surface area contributed by atoms with E-state index in [0.717, 1.165) is 16.9 Å². The first-order valence-corrected chi connectivity index (χ1v) is 8.34. The second-order valence-electron chi connectivity index (χ2n) is 5.67. The standard InChI is InChI=1S/C21H18ClNO2/c1-15-19(22)8-5-9-20(15)23-21(24)17-10-12-18(13-11-17)25-14-16-6-3-2-4-7-16/h2-13H,14H2,1H3,(H,23,24). The molecule has 3 rings (SSSR count). The van der Waals surface area contributed by atoms with Gasteiger partial charge in [-0.3, -0.25) is 4.79 Å². The lowest BCUT2D eigenvalue weighted by Gasteiger charge is -2.10. The van der Waals surface area contributed by atoms with Crippen molar-refractivity contribution >= 4 is 23.2 Å². The fourth-order valence-corrected chi connectivity index (χ4v) is 2.56. The monoisotopic (exact) mass is 351 g/mol. The number of hydrogen-bond acceptors (Lipinski definition) is 2. The Bertz CT molecular complexity index is 861. The first-order chi connectivity index (χ1) is 12.1. The second kappa shape index (κ2) is 7.86. The maximum Gasteiger partial charge on any atom is 0.255 e. The summed E-state index contributed by atoms with van der Waals surface area (Å²) in [5, 5.41) is 3.51. The highest BCUT2D eigenvalue weighted by Gasteiger charge is 2.09. The topological polar surface area (TPSA) is 38.3 Å². The average molecular weight is 352 g/mol. The highest BCUT2D eigenvalue weighted by Crippen LogP contribution is 2.23. The zero-order chi connectivity index (χ0) is 17.6. The summed E-state index contributed by atoms with van der Waals surface area (Å²) in [7, 11) is 0. The van der Waals surface area contributed by atoms with Crippen LogP contribution in [-0.4, -0.2) is 5.91 Å². The molecule has 0 aliphatic heterocycles. The van der Waals surface area contributed by atoms with Crippen LogP contribution in [0.5, 0.6) is 5.75 Å². The van der Waals surface area contributed by atoms with Crippen molar-refractivity contribution in [2.75, 3.05) is 5.32 Å². The summed E-state index contributed by atoms with van der Waals surface area (Å²) in [5.41, 5.74) is 3.22. The van der Waals surface area contributed by atoms with Crippen molar-refractivity contribution in [1.29, 1.82) is 0 Å². The maximum atomic E-state index is 12.4. The Kier molecular flexibility index (Phi) is 5.36. The van der Waals surface area contributed by atoms with Crippen molar-refractivity contribution in [1.82, 2.24) is 0 Å². The Balaban J connectivity index is 1.63. The summed E-state index contributed by atoms with van der Waals surface area (Å²) in [4.78, 5) is 12.4. The van der Waals surface area contributed by atoms with Gasteiger partial charge >= 0.3 is 0 Å². The molecule has 0 atom stereocenters. The van der Waals surface area contributed by atoms with E-state index in [1.807, 2.05) is 49.4 Å². The Labute approximate surface area is 152 Å². The number of halogens is 1. The Morgan fingerprint density at radius 1 is 0.960 bits per heavy atom. The van der Waals surface area contributed by atoms with Gasteiger partial charge in [0.2, 0.25) is 0 Å². The number of anilines is 1.